The van der Waals surface area contributed by atoms with Crippen molar-refractivity contribution in [3.05, 3.63) is 42.6 Å². The minimum atomic E-state index is 0. The van der Waals surface area contributed by atoms with Gasteiger partial charge in [-0.05, 0) is 5.52 Å². The molecule has 1 aromatic carbocycles. The Morgan fingerprint density at radius 2 is 1.91 bits per heavy atom. The maximum Gasteiger partial charge on any atom is 1.00 e. The van der Waals surface area contributed by atoms with Crippen LogP contribution in [-0.4, -0.2) is 4.98 Å². The summed E-state index contributed by atoms with van der Waals surface area (Å²) in [5, 5.41) is 1.17. The molecule has 0 aliphatic heterocycles. The van der Waals surface area contributed by atoms with Gasteiger partial charge in [0.1, 0.15) is 0 Å². The average Bonchev–Trinajstić information content (AvgIpc) is 2.05. The average molecular weight is 236 g/mol. The first-order chi connectivity index (χ1) is 4.97. The number of benzene rings is 1. The van der Waals surface area contributed by atoms with Crippen LogP contribution in [-0.2, 0) is 22.4 Å². The summed E-state index contributed by atoms with van der Waals surface area (Å²) in [5.41, 5.74) is 1.00. The van der Waals surface area contributed by atoms with Crippen molar-refractivity contribution >= 4 is 10.9 Å². The summed E-state index contributed by atoms with van der Waals surface area (Å²) < 4.78 is 0. The summed E-state index contributed by atoms with van der Waals surface area (Å²) in [6.45, 7) is 0. The van der Waals surface area contributed by atoms with Crippen LogP contribution in [0.2, 0.25) is 0 Å². The van der Waals surface area contributed by atoms with Crippen molar-refractivity contribution in [2.45, 2.75) is 0 Å². The van der Waals surface area contributed by atoms with E-state index in [1.165, 1.54) is 5.39 Å². The van der Waals surface area contributed by atoms with Gasteiger partial charge in [-0.15, -0.1) is 5.39 Å². The molecule has 0 bridgehead atoms. The van der Waals surface area contributed by atoms with E-state index in [4.69, 9.17) is 0 Å². The summed E-state index contributed by atoms with van der Waals surface area (Å²) in [6, 6.07) is 11.8. The Morgan fingerprint density at radius 3 is 2.73 bits per heavy atom. The van der Waals surface area contributed by atoms with Gasteiger partial charge in [0.05, 0.1) is 0 Å². The molecular formula is C9H6AgN. The van der Waals surface area contributed by atoms with E-state index >= 15 is 0 Å². The molecule has 0 atom stereocenters. The normalized spacial score (nSPS) is 9.09. The Kier molecular flexibility index (Phi) is 2.83. The van der Waals surface area contributed by atoms with Crippen LogP contribution in [0.4, 0.5) is 0 Å². The van der Waals surface area contributed by atoms with E-state index < -0.39 is 0 Å². The second-order valence-corrected chi connectivity index (χ2v) is 2.13. The zero-order valence-electron chi connectivity index (χ0n) is 5.71. The predicted octanol–water partition coefficient (Wildman–Crippen LogP) is 2.03. The molecule has 2 heteroatoms. The van der Waals surface area contributed by atoms with Crippen molar-refractivity contribution in [1.82, 2.24) is 4.98 Å². The molecule has 0 amide bonds. The Morgan fingerprint density at radius 1 is 1.09 bits per heavy atom. The number of rotatable bonds is 0. The fourth-order valence-corrected chi connectivity index (χ4v) is 0.964. The van der Waals surface area contributed by atoms with E-state index in [0.29, 0.717) is 0 Å². The third kappa shape index (κ3) is 1.69. The summed E-state index contributed by atoms with van der Waals surface area (Å²) >= 11 is 0. The van der Waals surface area contributed by atoms with Crippen molar-refractivity contribution in [2.24, 2.45) is 0 Å². The van der Waals surface area contributed by atoms with Crippen molar-refractivity contribution in [2.75, 3.05) is 0 Å². The van der Waals surface area contributed by atoms with Crippen LogP contribution in [0.15, 0.2) is 36.4 Å². The van der Waals surface area contributed by atoms with Crippen LogP contribution in [0, 0.1) is 6.20 Å². The van der Waals surface area contributed by atoms with E-state index in [2.05, 4.69) is 11.2 Å². The first-order valence-electron chi connectivity index (χ1n) is 3.19. The summed E-state index contributed by atoms with van der Waals surface area (Å²) in [7, 11) is 0. The summed E-state index contributed by atoms with van der Waals surface area (Å²) in [6.07, 6.45) is 2.79. The third-order valence-electron chi connectivity index (χ3n) is 1.46. The van der Waals surface area contributed by atoms with Crippen molar-refractivity contribution < 1.29 is 22.4 Å². The second-order valence-electron chi connectivity index (χ2n) is 2.13. The van der Waals surface area contributed by atoms with E-state index in [9.17, 15) is 0 Å². The van der Waals surface area contributed by atoms with Crippen molar-refractivity contribution in [1.29, 1.82) is 0 Å². The number of para-hydroxylation sites is 1. The van der Waals surface area contributed by atoms with Gasteiger partial charge in [-0.1, -0.05) is 30.5 Å². The van der Waals surface area contributed by atoms with E-state index in [-0.39, 0.29) is 22.4 Å². The van der Waals surface area contributed by atoms with E-state index in [1.807, 2.05) is 36.4 Å². The zero-order chi connectivity index (χ0) is 6.81. The van der Waals surface area contributed by atoms with Gasteiger partial charge >= 0.3 is 22.4 Å². The molecule has 11 heavy (non-hydrogen) atoms. The first-order valence-corrected chi connectivity index (χ1v) is 3.19. The maximum absolute atomic E-state index is 4.06. The largest absolute Gasteiger partial charge is 1.00 e. The summed E-state index contributed by atoms with van der Waals surface area (Å²) in [5.74, 6) is 0. The molecule has 0 fully saturated rings. The third-order valence-corrected chi connectivity index (χ3v) is 1.46. The number of aromatic nitrogens is 1. The van der Waals surface area contributed by atoms with Crippen molar-refractivity contribution in [3.8, 4) is 0 Å². The number of pyridine rings is 1. The zero-order valence-corrected chi connectivity index (χ0v) is 7.20. The number of hydrogen-bond donors (Lipinski definition) is 0. The fourth-order valence-electron chi connectivity index (χ4n) is 0.964. The monoisotopic (exact) mass is 235 g/mol. The fraction of sp³-hybridized carbons (Fsp3) is 0. The Bertz CT molecular complexity index is 281. The van der Waals surface area contributed by atoms with E-state index in [0.717, 1.165) is 5.52 Å². The number of hydrogen-bond acceptors (Lipinski definition) is 1. The Hall–Kier alpha value is -0.630. The van der Waals surface area contributed by atoms with Crippen LogP contribution in [0.1, 0.15) is 0 Å². The number of nitrogens with zero attached hydrogens (tertiary/aromatic N) is 1. The molecule has 1 aromatic heterocycles. The van der Waals surface area contributed by atoms with Gasteiger partial charge < -0.3 is 4.98 Å². The first kappa shape index (κ1) is 8.47. The van der Waals surface area contributed by atoms with Crippen LogP contribution in [0.5, 0.6) is 0 Å². The van der Waals surface area contributed by atoms with Gasteiger partial charge in [0.25, 0.3) is 0 Å². The SMILES string of the molecule is [Ag+].[c-]1ccc2ccccc2n1. The molecule has 2 rings (SSSR count). The van der Waals surface area contributed by atoms with Crippen LogP contribution >= 0.6 is 0 Å². The number of fused-ring (bicyclic) bond motifs is 1. The molecule has 0 spiro atoms. The molecule has 0 aliphatic rings. The minimum absolute atomic E-state index is 0. The molecule has 0 saturated heterocycles. The quantitative estimate of drug-likeness (QED) is 0.503. The molecule has 0 saturated carbocycles. The molecule has 58 valence electrons. The second kappa shape index (κ2) is 3.67. The Labute approximate surface area is 81.0 Å². The van der Waals surface area contributed by atoms with Crippen LogP contribution < -0.4 is 0 Å². The molecular weight excluding hydrogens is 230 g/mol. The molecule has 2 aromatic rings. The molecule has 0 aliphatic carbocycles. The van der Waals surface area contributed by atoms with Gasteiger partial charge in [-0.3, -0.25) is 0 Å². The topological polar surface area (TPSA) is 12.9 Å². The molecule has 1 nitrogen and oxygen atoms in total. The van der Waals surface area contributed by atoms with Crippen LogP contribution in [0.25, 0.3) is 10.9 Å². The Balaban J connectivity index is 0.000000605. The summed E-state index contributed by atoms with van der Waals surface area (Å²) in [4.78, 5) is 4.06. The van der Waals surface area contributed by atoms with Gasteiger partial charge in [0.2, 0.25) is 0 Å². The molecule has 0 radical (unpaired) electrons. The van der Waals surface area contributed by atoms with E-state index in [1.54, 1.807) is 0 Å². The molecule has 0 unspecified atom stereocenters. The smallest absolute Gasteiger partial charge is 0.386 e. The van der Waals surface area contributed by atoms with Gasteiger partial charge in [-0.2, -0.15) is 12.1 Å². The predicted molar refractivity (Wildman–Crippen MR) is 40.6 cm³/mol. The van der Waals surface area contributed by atoms with Gasteiger partial charge in [0.15, 0.2) is 0 Å². The minimum Gasteiger partial charge on any atom is -0.386 e. The van der Waals surface area contributed by atoms with Gasteiger partial charge in [0, 0.05) is 0 Å². The standard InChI is InChI=1S/C9H6N.Ag/c1-2-6-9-8(4-1)5-3-7-10-9;/h1-6H;/q-1;+1. The van der Waals surface area contributed by atoms with Gasteiger partial charge in [-0.25, -0.2) is 0 Å². The van der Waals surface area contributed by atoms with Crippen molar-refractivity contribution in [3.63, 3.8) is 0 Å². The molecule has 0 N–H and O–H groups in total. The maximum atomic E-state index is 4.06. The van der Waals surface area contributed by atoms with Crippen LogP contribution in [0.3, 0.4) is 0 Å². The molecule has 1 heterocycles.